The monoisotopic (exact) mass is 391 g/mol. The highest BCUT2D eigenvalue weighted by Gasteiger charge is 2.24. The van der Waals surface area contributed by atoms with Crippen LogP contribution in [0.5, 0.6) is 5.88 Å². The Kier molecular flexibility index (Phi) is 6.49. The second-order valence-electron chi connectivity index (χ2n) is 6.79. The third kappa shape index (κ3) is 4.93. The van der Waals surface area contributed by atoms with Gasteiger partial charge in [-0.05, 0) is 27.7 Å². The third-order valence-electron chi connectivity index (χ3n) is 4.55. The van der Waals surface area contributed by atoms with E-state index >= 15 is 0 Å². The Labute approximate surface area is 170 Å². The molecule has 1 atom stereocenters. The number of carbonyl (C=O) groups excluding carboxylic acids is 1. The molecule has 1 amide bonds. The quantitative estimate of drug-likeness (QED) is 0.613. The lowest BCUT2D eigenvalue weighted by Crippen LogP contribution is -2.42. The zero-order chi connectivity index (χ0) is 20.8. The summed E-state index contributed by atoms with van der Waals surface area (Å²) in [6, 6.07) is 9.51. The van der Waals surface area contributed by atoms with Crippen LogP contribution in [0.3, 0.4) is 0 Å². The van der Waals surface area contributed by atoms with Crippen LogP contribution >= 0.6 is 0 Å². The van der Waals surface area contributed by atoms with Gasteiger partial charge in [-0.3, -0.25) is 9.78 Å². The van der Waals surface area contributed by atoms with Gasteiger partial charge < -0.3 is 9.64 Å². The second-order valence-corrected chi connectivity index (χ2v) is 6.79. The molecule has 0 N–H and O–H groups in total. The van der Waals surface area contributed by atoms with E-state index < -0.39 is 0 Å². The van der Waals surface area contributed by atoms with E-state index in [1.807, 2.05) is 58.0 Å². The van der Waals surface area contributed by atoms with E-state index in [4.69, 9.17) is 4.74 Å². The molecular weight excluding hydrogens is 366 g/mol. The molecule has 3 rings (SSSR count). The highest BCUT2D eigenvalue weighted by Crippen LogP contribution is 2.23. The smallest absolute Gasteiger partial charge is 0.257 e. The summed E-state index contributed by atoms with van der Waals surface area (Å²) in [7, 11) is 0. The molecule has 0 bridgehead atoms. The van der Waals surface area contributed by atoms with E-state index in [9.17, 15) is 4.79 Å². The van der Waals surface area contributed by atoms with Crippen molar-refractivity contribution in [3.63, 3.8) is 0 Å². The summed E-state index contributed by atoms with van der Waals surface area (Å²) >= 11 is 0. The molecule has 29 heavy (non-hydrogen) atoms. The summed E-state index contributed by atoms with van der Waals surface area (Å²) in [5.41, 5.74) is 2.82. The Morgan fingerprint density at radius 1 is 1.07 bits per heavy atom. The average Bonchev–Trinajstić information content (AvgIpc) is 2.74. The molecule has 7 nitrogen and oxygen atoms in total. The topological polar surface area (TPSA) is 81.1 Å². The van der Waals surface area contributed by atoms with Crippen LogP contribution in [0.2, 0.25) is 0 Å². The Balaban J connectivity index is 1.81. The first kappa shape index (κ1) is 20.4. The van der Waals surface area contributed by atoms with Crippen LogP contribution in [0, 0.1) is 13.8 Å². The van der Waals surface area contributed by atoms with Crippen molar-refractivity contribution in [1.29, 1.82) is 0 Å². The first-order valence-electron chi connectivity index (χ1n) is 9.61. The minimum atomic E-state index is -0.166. The molecule has 0 saturated carbocycles. The van der Waals surface area contributed by atoms with Crippen LogP contribution in [0.4, 0.5) is 0 Å². The van der Waals surface area contributed by atoms with Crippen LogP contribution in [-0.4, -0.2) is 49.9 Å². The van der Waals surface area contributed by atoms with Crippen molar-refractivity contribution < 1.29 is 9.53 Å². The lowest BCUT2D eigenvalue weighted by atomic mass is 10.1. The predicted octanol–water partition coefficient (Wildman–Crippen LogP) is 3.48. The van der Waals surface area contributed by atoms with E-state index in [0.717, 1.165) is 11.3 Å². The highest BCUT2D eigenvalue weighted by atomic mass is 16.5. The molecule has 1 aromatic carbocycles. The normalized spacial score (nSPS) is 11.7. The average molecular weight is 391 g/mol. The van der Waals surface area contributed by atoms with Crippen LogP contribution in [0.1, 0.15) is 35.7 Å². The highest BCUT2D eigenvalue weighted by molar-refractivity contribution is 5.99. The number of hydrogen-bond donors (Lipinski definition) is 0. The summed E-state index contributed by atoms with van der Waals surface area (Å²) in [5.74, 6) is 0.935. The van der Waals surface area contributed by atoms with Gasteiger partial charge in [0.1, 0.15) is 12.4 Å². The van der Waals surface area contributed by atoms with Gasteiger partial charge in [-0.25, -0.2) is 15.0 Å². The first-order chi connectivity index (χ1) is 14.0. The van der Waals surface area contributed by atoms with Crippen LogP contribution in [0.15, 0.2) is 48.9 Å². The largest absolute Gasteiger partial charge is 0.474 e. The summed E-state index contributed by atoms with van der Waals surface area (Å²) in [6.45, 7) is 8.41. The first-order valence-corrected chi connectivity index (χ1v) is 9.61. The fourth-order valence-corrected chi connectivity index (χ4v) is 3.00. The van der Waals surface area contributed by atoms with Gasteiger partial charge in [0.05, 0.1) is 35.4 Å². The van der Waals surface area contributed by atoms with E-state index in [2.05, 4.69) is 19.9 Å². The van der Waals surface area contributed by atoms with Crippen molar-refractivity contribution in [3.05, 3.63) is 66.0 Å². The molecule has 2 aromatic heterocycles. The molecule has 0 radical (unpaired) electrons. The molecule has 0 saturated heterocycles. The standard InChI is InChI=1S/C22H25N5O2/c1-5-27(16(3)14-29-20-13-23-15(2)11-25-20)22(28)19-12-24-17(4)26-21(19)18-9-7-6-8-10-18/h6-13,16H,5,14H2,1-4H3/t16-/m0/s1. The summed E-state index contributed by atoms with van der Waals surface area (Å²) < 4.78 is 5.73. The molecule has 0 aliphatic heterocycles. The van der Waals surface area contributed by atoms with E-state index in [1.54, 1.807) is 23.5 Å². The van der Waals surface area contributed by atoms with Crippen molar-refractivity contribution in [1.82, 2.24) is 24.8 Å². The molecule has 0 fully saturated rings. The van der Waals surface area contributed by atoms with Gasteiger partial charge in [0.15, 0.2) is 0 Å². The van der Waals surface area contributed by atoms with Crippen molar-refractivity contribution in [3.8, 4) is 17.1 Å². The van der Waals surface area contributed by atoms with Crippen LogP contribution in [0.25, 0.3) is 11.3 Å². The number of aryl methyl sites for hydroxylation is 2. The van der Waals surface area contributed by atoms with Crippen molar-refractivity contribution in [2.24, 2.45) is 0 Å². The number of carbonyl (C=O) groups is 1. The molecule has 7 heteroatoms. The maximum absolute atomic E-state index is 13.3. The minimum Gasteiger partial charge on any atom is -0.474 e. The molecule has 0 spiro atoms. The molecule has 0 unspecified atom stereocenters. The predicted molar refractivity (Wildman–Crippen MR) is 111 cm³/mol. The molecule has 3 aromatic rings. The summed E-state index contributed by atoms with van der Waals surface area (Å²) in [6.07, 6.45) is 4.84. The fourth-order valence-electron chi connectivity index (χ4n) is 3.00. The van der Waals surface area contributed by atoms with E-state index in [1.165, 1.54) is 0 Å². The van der Waals surface area contributed by atoms with Crippen LogP contribution in [-0.2, 0) is 0 Å². The number of hydrogen-bond acceptors (Lipinski definition) is 6. The Bertz CT molecular complexity index is 961. The number of benzene rings is 1. The van der Waals surface area contributed by atoms with Gasteiger partial charge in [0, 0.05) is 18.3 Å². The van der Waals surface area contributed by atoms with Crippen molar-refractivity contribution in [2.75, 3.05) is 13.2 Å². The van der Waals surface area contributed by atoms with Gasteiger partial charge in [-0.2, -0.15) is 0 Å². The van der Waals surface area contributed by atoms with E-state index in [-0.39, 0.29) is 11.9 Å². The third-order valence-corrected chi connectivity index (χ3v) is 4.55. The maximum atomic E-state index is 13.3. The summed E-state index contributed by atoms with van der Waals surface area (Å²) in [4.78, 5) is 32.3. The fraction of sp³-hybridized carbons (Fsp3) is 0.318. The zero-order valence-corrected chi connectivity index (χ0v) is 17.2. The SMILES string of the molecule is CCN(C(=O)c1cnc(C)nc1-c1ccccc1)[C@@H](C)COc1cnc(C)cn1. The second kappa shape index (κ2) is 9.23. The van der Waals surface area contributed by atoms with Crippen LogP contribution < -0.4 is 4.74 Å². The maximum Gasteiger partial charge on any atom is 0.257 e. The lowest BCUT2D eigenvalue weighted by Gasteiger charge is -2.28. The van der Waals surface area contributed by atoms with Crippen molar-refractivity contribution in [2.45, 2.75) is 33.7 Å². The van der Waals surface area contributed by atoms with Crippen molar-refractivity contribution >= 4 is 5.91 Å². The van der Waals surface area contributed by atoms with Gasteiger partial charge in [0.2, 0.25) is 5.88 Å². The molecule has 150 valence electrons. The van der Waals surface area contributed by atoms with Gasteiger partial charge in [-0.1, -0.05) is 30.3 Å². The lowest BCUT2D eigenvalue weighted by molar-refractivity contribution is 0.0646. The molecular formula is C22H25N5O2. The number of amides is 1. The number of nitrogens with zero attached hydrogens (tertiary/aromatic N) is 5. The number of rotatable bonds is 7. The Morgan fingerprint density at radius 2 is 1.83 bits per heavy atom. The van der Waals surface area contributed by atoms with E-state index in [0.29, 0.717) is 36.1 Å². The molecule has 2 heterocycles. The Morgan fingerprint density at radius 3 is 2.48 bits per heavy atom. The van der Waals surface area contributed by atoms with Gasteiger partial charge >= 0.3 is 0 Å². The number of likely N-dealkylation sites (N-methyl/N-ethyl adjacent to an activating group) is 1. The number of aromatic nitrogens is 4. The molecule has 0 aliphatic rings. The van der Waals surface area contributed by atoms with Gasteiger partial charge in [0.25, 0.3) is 5.91 Å². The summed E-state index contributed by atoms with van der Waals surface area (Å²) in [5, 5.41) is 0. The molecule has 0 aliphatic carbocycles. The number of ether oxygens (including phenoxy) is 1. The Hall–Kier alpha value is -3.35. The zero-order valence-electron chi connectivity index (χ0n) is 17.2. The minimum absolute atomic E-state index is 0.127. The van der Waals surface area contributed by atoms with Gasteiger partial charge in [-0.15, -0.1) is 0 Å².